The van der Waals surface area contributed by atoms with Crippen molar-refractivity contribution in [3.8, 4) is 5.75 Å². The average molecular weight is 399 g/mol. The highest BCUT2D eigenvalue weighted by Crippen LogP contribution is 2.41. The molecule has 0 aromatic heterocycles. The molecule has 4 nitrogen and oxygen atoms in total. The molecular weight excluding hydrogens is 379 g/mol. The van der Waals surface area contributed by atoms with Crippen LogP contribution < -0.4 is 10.1 Å². The zero-order chi connectivity index (χ0) is 18.1. The minimum absolute atomic E-state index is 0.158. The summed E-state index contributed by atoms with van der Waals surface area (Å²) in [6.07, 6.45) is 3.23. The molecule has 1 unspecified atom stereocenters. The third-order valence-corrected chi connectivity index (χ3v) is 5.46. The maximum Gasteiger partial charge on any atom is 0.173 e. The molecule has 1 aliphatic heterocycles. The van der Waals surface area contributed by atoms with Gasteiger partial charge in [0.1, 0.15) is 0 Å². The third-order valence-electron chi connectivity index (χ3n) is 4.56. The van der Waals surface area contributed by atoms with E-state index in [0.29, 0.717) is 27.3 Å². The Bertz CT molecular complexity index is 740. The number of carbonyl (C=O) groups excluding carboxylic acids is 1. The van der Waals surface area contributed by atoms with Gasteiger partial charge in [-0.05, 0) is 49.2 Å². The lowest BCUT2D eigenvalue weighted by atomic mass is 9.84. The van der Waals surface area contributed by atoms with Gasteiger partial charge in [-0.3, -0.25) is 4.79 Å². The number of hydrogen-bond acceptors (Lipinski definition) is 3. The van der Waals surface area contributed by atoms with Gasteiger partial charge in [0.15, 0.2) is 16.6 Å². The van der Waals surface area contributed by atoms with Gasteiger partial charge < -0.3 is 15.0 Å². The fraction of sp³-hybridized carbons (Fsp3) is 0.444. The largest absolute Gasteiger partial charge is 0.494 e. The standard InChI is InChI=1S/C18H20Cl2N2O2S/c1-3-7-22-13-5-4-6-14(23)15(13)16(21-18(22)25)10-8-11(19)17(24-2)12(20)9-10/h8-9,16H,3-7H2,1-2H3,(H,21,25). The van der Waals surface area contributed by atoms with E-state index < -0.39 is 0 Å². The molecule has 0 amide bonds. The number of carbonyl (C=O) groups is 1. The molecule has 1 aromatic rings. The summed E-state index contributed by atoms with van der Waals surface area (Å²) in [6, 6.07) is 3.24. The number of nitrogens with zero attached hydrogens (tertiary/aromatic N) is 1. The Kier molecular flexibility index (Phi) is 5.56. The van der Waals surface area contributed by atoms with Crippen LogP contribution in [0, 0.1) is 0 Å². The number of thiocarbonyl (C=S) groups is 1. The zero-order valence-electron chi connectivity index (χ0n) is 14.2. The van der Waals surface area contributed by atoms with E-state index in [1.54, 1.807) is 12.1 Å². The summed E-state index contributed by atoms with van der Waals surface area (Å²) in [5.41, 5.74) is 2.64. The number of nitrogens with one attached hydrogen (secondary N) is 1. The Morgan fingerprint density at radius 1 is 1.32 bits per heavy atom. The number of allylic oxidation sites excluding steroid dienone is 1. The molecule has 3 rings (SSSR count). The van der Waals surface area contributed by atoms with Gasteiger partial charge >= 0.3 is 0 Å². The molecule has 0 spiro atoms. The summed E-state index contributed by atoms with van der Waals surface area (Å²) in [7, 11) is 1.52. The van der Waals surface area contributed by atoms with Crippen molar-refractivity contribution in [2.24, 2.45) is 0 Å². The molecule has 7 heteroatoms. The lowest BCUT2D eigenvalue weighted by Gasteiger charge is -2.41. The van der Waals surface area contributed by atoms with E-state index in [1.807, 2.05) is 0 Å². The summed E-state index contributed by atoms with van der Waals surface area (Å²) >= 11 is 18.2. The average Bonchev–Trinajstić information content (AvgIpc) is 2.57. The maximum atomic E-state index is 12.7. The first-order valence-electron chi connectivity index (χ1n) is 8.35. The maximum absolute atomic E-state index is 12.7. The van der Waals surface area contributed by atoms with Crippen LogP contribution in [0.5, 0.6) is 5.75 Å². The van der Waals surface area contributed by atoms with Gasteiger partial charge in [-0.25, -0.2) is 0 Å². The van der Waals surface area contributed by atoms with Crippen LogP contribution in [0.1, 0.15) is 44.2 Å². The molecule has 134 valence electrons. The minimum Gasteiger partial charge on any atom is -0.494 e. The van der Waals surface area contributed by atoms with Crippen molar-refractivity contribution in [3.63, 3.8) is 0 Å². The highest BCUT2D eigenvalue weighted by molar-refractivity contribution is 7.80. The molecule has 1 heterocycles. The van der Waals surface area contributed by atoms with Crippen molar-refractivity contribution < 1.29 is 9.53 Å². The summed E-state index contributed by atoms with van der Waals surface area (Å²) in [5.74, 6) is 0.590. The summed E-state index contributed by atoms with van der Waals surface area (Å²) in [6.45, 7) is 2.90. The van der Waals surface area contributed by atoms with Crippen molar-refractivity contribution in [3.05, 3.63) is 39.0 Å². The van der Waals surface area contributed by atoms with Gasteiger partial charge in [0.2, 0.25) is 0 Å². The fourth-order valence-corrected chi connectivity index (χ4v) is 4.48. The number of hydrogen-bond donors (Lipinski definition) is 1. The van der Waals surface area contributed by atoms with E-state index in [2.05, 4.69) is 17.1 Å². The normalized spacial score (nSPS) is 20.5. The molecular formula is C18H20Cl2N2O2S. The van der Waals surface area contributed by atoms with E-state index in [9.17, 15) is 4.79 Å². The zero-order valence-corrected chi connectivity index (χ0v) is 16.5. The van der Waals surface area contributed by atoms with Gasteiger partial charge in [0.05, 0.1) is 23.2 Å². The number of methoxy groups -OCH3 is 1. The molecule has 1 N–H and O–H groups in total. The summed E-state index contributed by atoms with van der Waals surface area (Å²) < 4.78 is 5.22. The van der Waals surface area contributed by atoms with Crippen LogP contribution in [0.3, 0.4) is 0 Å². The second kappa shape index (κ2) is 7.52. The molecule has 2 aliphatic rings. The highest BCUT2D eigenvalue weighted by atomic mass is 35.5. The first-order valence-corrected chi connectivity index (χ1v) is 9.51. The quantitative estimate of drug-likeness (QED) is 0.747. The predicted molar refractivity (Wildman–Crippen MR) is 104 cm³/mol. The van der Waals surface area contributed by atoms with Crippen molar-refractivity contribution in [1.29, 1.82) is 0 Å². The van der Waals surface area contributed by atoms with E-state index in [-0.39, 0.29) is 11.8 Å². The molecule has 0 fully saturated rings. The Hall–Kier alpha value is -1.30. The van der Waals surface area contributed by atoms with Crippen LogP contribution in [0.2, 0.25) is 10.0 Å². The molecule has 1 aliphatic carbocycles. The predicted octanol–water partition coefficient (Wildman–Crippen LogP) is 4.65. The van der Waals surface area contributed by atoms with E-state index in [1.165, 1.54) is 7.11 Å². The molecule has 0 saturated heterocycles. The van der Waals surface area contributed by atoms with Gasteiger partial charge in [0, 0.05) is 24.2 Å². The summed E-state index contributed by atoms with van der Waals surface area (Å²) in [4.78, 5) is 14.8. The van der Waals surface area contributed by atoms with Crippen LogP contribution in [0.4, 0.5) is 0 Å². The van der Waals surface area contributed by atoms with Gasteiger partial charge in [0.25, 0.3) is 0 Å². The van der Waals surface area contributed by atoms with Gasteiger partial charge in [-0.1, -0.05) is 30.1 Å². The van der Waals surface area contributed by atoms with Gasteiger partial charge in [-0.15, -0.1) is 0 Å². The summed E-state index contributed by atoms with van der Waals surface area (Å²) in [5, 5.41) is 4.78. The Balaban J connectivity index is 2.11. The minimum atomic E-state index is -0.329. The molecule has 0 bridgehead atoms. The monoisotopic (exact) mass is 398 g/mol. The molecule has 25 heavy (non-hydrogen) atoms. The second-order valence-corrected chi connectivity index (χ2v) is 7.39. The lowest BCUT2D eigenvalue weighted by molar-refractivity contribution is -0.116. The first-order chi connectivity index (χ1) is 12.0. The topological polar surface area (TPSA) is 41.6 Å². The third kappa shape index (κ3) is 3.37. The first kappa shape index (κ1) is 18.5. The number of ether oxygens (including phenoxy) is 1. The molecule has 0 saturated carbocycles. The number of Topliss-reactive ketones (excluding diaryl/α,β-unsaturated/α-hetero) is 1. The molecule has 0 radical (unpaired) electrons. The lowest BCUT2D eigenvalue weighted by Crippen LogP contribution is -2.49. The van der Waals surface area contributed by atoms with Crippen LogP contribution in [-0.2, 0) is 4.79 Å². The van der Waals surface area contributed by atoms with Crippen LogP contribution in [0.25, 0.3) is 0 Å². The van der Waals surface area contributed by atoms with Crippen LogP contribution in [-0.4, -0.2) is 29.5 Å². The highest BCUT2D eigenvalue weighted by Gasteiger charge is 2.37. The molecule has 1 aromatic carbocycles. The number of halogens is 2. The van der Waals surface area contributed by atoms with E-state index >= 15 is 0 Å². The fourth-order valence-electron chi connectivity index (χ4n) is 3.50. The smallest absolute Gasteiger partial charge is 0.173 e. The number of benzene rings is 1. The van der Waals surface area contributed by atoms with Crippen LogP contribution in [0.15, 0.2) is 23.4 Å². The van der Waals surface area contributed by atoms with Crippen molar-refractivity contribution in [2.75, 3.05) is 13.7 Å². The Morgan fingerprint density at radius 3 is 2.60 bits per heavy atom. The van der Waals surface area contributed by atoms with Gasteiger partial charge in [-0.2, -0.15) is 0 Å². The Morgan fingerprint density at radius 2 is 2.00 bits per heavy atom. The molecule has 1 atom stereocenters. The number of ketones is 1. The van der Waals surface area contributed by atoms with E-state index in [4.69, 9.17) is 40.2 Å². The number of rotatable bonds is 4. The van der Waals surface area contributed by atoms with Crippen molar-refractivity contribution in [2.45, 2.75) is 38.6 Å². The Labute approximate surface area is 163 Å². The SMILES string of the molecule is CCCN1C(=S)NC(c2cc(Cl)c(OC)c(Cl)c2)C2=C1CCCC2=O. The van der Waals surface area contributed by atoms with E-state index in [0.717, 1.165) is 42.6 Å². The van der Waals surface area contributed by atoms with Crippen molar-refractivity contribution >= 4 is 46.3 Å². The second-order valence-electron chi connectivity index (χ2n) is 6.19. The van der Waals surface area contributed by atoms with Crippen molar-refractivity contribution in [1.82, 2.24) is 10.2 Å². The van der Waals surface area contributed by atoms with Crippen LogP contribution >= 0.6 is 35.4 Å².